The normalized spacial score (nSPS) is 13.0. The lowest BCUT2D eigenvalue weighted by Crippen LogP contribution is -2.30. The van der Waals surface area contributed by atoms with Gasteiger partial charge >= 0.3 is 17.9 Å². The summed E-state index contributed by atoms with van der Waals surface area (Å²) in [5, 5.41) is 0. The second kappa shape index (κ2) is 63.1. The zero-order valence-corrected chi connectivity index (χ0v) is 49.2. The van der Waals surface area contributed by atoms with E-state index in [0.717, 1.165) is 109 Å². The molecular formula is C70H114O6. The van der Waals surface area contributed by atoms with Crippen molar-refractivity contribution in [3.8, 4) is 0 Å². The van der Waals surface area contributed by atoms with E-state index in [9.17, 15) is 14.4 Å². The van der Waals surface area contributed by atoms with Gasteiger partial charge in [-0.25, -0.2) is 0 Å². The van der Waals surface area contributed by atoms with Crippen LogP contribution in [0.5, 0.6) is 0 Å². The van der Waals surface area contributed by atoms with Gasteiger partial charge in [0.1, 0.15) is 13.2 Å². The summed E-state index contributed by atoms with van der Waals surface area (Å²) in [5.41, 5.74) is 0. The minimum Gasteiger partial charge on any atom is -0.462 e. The standard InChI is InChI=1S/C70H114O6/c1-4-7-10-13-16-19-22-25-27-29-31-32-33-34-35-36-37-38-39-41-42-45-48-51-54-57-60-63-69(72)75-66-67(65-74-68(71)62-59-56-53-50-47-44-24-21-18-15-12-9-6-3)76-70(73)64-61-58-55-52-49-46-43-40-30-28-26-23-20-17-14-11-8-5-2/h7,9-10,12,16,18-19,21,25,27-28,30-32,34-35,37-38,44,47,53,56,67H,4-6,8,11,13-15,17,20,22-24,26,29,33,36,39-43,45-46,48-52,54-55,57-66H2,1-3H3/b10-7-,12-9-,19-16-,21-18-,27-25-,30-28-,32-31-,35-34-,38-37-,47-44-,56-53-. The van der Waals surface area contributed by atoms with Gasteiger partial charge in [0, 0.05) is 19.3 Å². The molecule has 1 unspecified atom stereocenters. The summed E-state index contributed by atoms with van der Waals surface area (Å²) in [5.74, 6) is -1.01. The molecule has 0 spiro atoms. The predicted octanol–water partition coefficient (Wildman–Crippen LogP) is 21.4. The summed E-state index contributed by atoms with van der Waals surface area (Å²) < 4.78 is 16.8. The van der Waals surface area contributed by atoms with Crippen LogP contribution in [0, 0.1) is 0 Å². The molecule has 0 aromatic heterocycles. The number of allylic oxidation sites excluding steroid dienone is 22. The molecule has 0 aliphatic heterocycles. The zero-order chi connectivity index (χ0) is 55.0. The Morgan fingerprint density at radius 3 is 0.895 bits per heavy atom. The van der Waals surface area contributed by atoms with Crippen molar-refractivity contribution in [1.29, 1.82) is 0 Å². The lowest BCUT2D eigenvalue weighted by Gasteiger charge is -2.18. The molecule has 0 aromatic rings. The Balaban J connectivity index is 4.40. The molecule has 6 heteroatoms. The fourth-order valence-electron chi connectivity index (χ4n) is 8.28. The van der Waals surface area contributed by atoms with Crippen molar-refractivity contribution in [3.05, 3.63) is 134 Å². The Hall–Kier alpha value is -4.45. The van der Waals surface area contributed by atoms with Gasteiger partial charge in [-0.2, -0.15) is 0 Å². The van der Waals surface area contributed by atoms with E-state index >= 15 is 0 Å². The van der Waals surface area contributed by atoms with E-state index in [-0.39, 0.29) is 37.5 Å². The average molecular weight is 1050 g/mol. The van der Waals surface area contributed by atoms with Gasteiger partial charge in [-0.1, -0.05) is 264 Å². The first-order valence-corrected chi connectivity index (χ1v) is 31.2. The van der Waals surface area contributed by atoms with E-state index in [1.165, 1.54) is 116 Å². The first-order chi connectivity index (χ1) is 37.5. The van der Waals surface area contributed by atoms with Crippen LogP contribution in [-0.2, 0) is 28.6 Å². The van der Waals surface area contributed by atoms with Crippen molar-refractivity contribution in [2.24, 2.45) is 0 Å². The monoisotopic (exact) mass is 1050 g/mol. The number of hydrogen-bond acceptors (Lipinski definition) is 6. The first-order valence-electron chi connectivity index (χ1n) is 31.2. The number of unbranched alkanes of at least 4 members (excludes halogenated alkanes) is 22. The summed E-state index contributed by atoms with van der Waals surface area (Å²) in [6.45, 7) is 6.34. The molecule has 0 rings (SSSR count). The largest absolute Gasteiger partial charge is 0.462 e. The molecule has 430 valence electrons. The lowest BCUT2D eigenvalue weighted by molar-refractivity contribution is -0.166. The predicted molar refractivity (Wildman–Crippen MR) is 329 cm³/mol. The highest BCUT2D eigenvalue weighted by Gasteiger charge is 2.19. The fourth-order valence-corrected chi connectivity index (χ4v) is 8.28. The van der Waals surface area contributed by atoms with Crippen LogP contribution in [0.1, 0.15) is 271 Å². The number of carbonyl (C=O) groups is 3. The quantitative estimate of drug-likeness (QED) is 0.0261. The fraction of sp³-hybridized carbons (Fsp3) is 0.643. The van der Waals surface area contributed by atoms with Crippen molar-refractivity contribution in [2.45, 2.75) is 277 Å². The third kappa shape index (κ3) is 60.4. The van der Waals surface area contributed by atoms with E-state index in [1.54, 1.807) is 0 Å². The van der Waals surface area contributed by atoms with Crippen LogP contribution in [-0.4, -0.2) is 37.2 Å². The van der Waals surface area contributed by atoms with Gasteiger partial charge in [0.15, 0.2) is 6.10 Å². The molecule has 0 saturated heterocycles. The van der Waals surface area contributed by atoms with Gasteiger partial charge in [0.05, 0.1) is 0 Å². The second-order valence-corrected chi connectivity index (χ2v) is 20.2. The highest BCUT2D eigenvalue weighted by molar-refractivity contribution is 5.71. The van der Waals surface area contributed by atoms with Crippen LogP contribution in [0.2, 0.25) is 0 Å². The highest BCUT2D eigenvalue weighted by atomic mass is 16.6. The number of carbonyl (C=O) groups excluding carboxylic acids is 3. The van der Waals surface area contributed by atoms with Crippen molar-refractivity contribution in [2.75, 3.05) is 13.2 Å². The van der Waals surface area contributed by atoms with Crippen LogP contribution in [0.15, 0.2) is 134 Å². The van der Waals surface area contributed by atoms with Gasteiger partial charge < -0.3 is 14.2 Å². The van der Waals surface area contributed by atoms with Crippen LogP contribution in [0.4, 0.5) is 0 Å². The zero-order valence-electron chi connectivity index (χ0n) is 49.2. The van der Waals surface area contributed by atoms with Crippen LogP contribution in [0.3, 0.4) is 0 Å². The Bertz CT molecular complexity index is 1630. The Kier molecular flexibility index (Phi) is 59.4. The summed E-state index contributed by atoms with van der Waals surface area (Å²) in [6.07, 6.45) is 89.0. The SMILES string of the molecule is CC/C=C\C/C=C\C/C=C\C/C=C\C/C=C\C/C=C\CCCCCCCCCCC(=O)OCC(COC(=O)CC/C=C\C/C=C\C/C=C\C/C=C\CC)OC(=O)CCCCCCCCC/C=C\CCCCCCCCC. The molecule has 0 saturated carbocycles. The Morgan fingerprint density at radius 1 is 0.276 bits per heavy atom. The van der Waals surface area contributed by atoms with E-state index in [4.69, 9.17) is 14.2 Å². The molecule has 6 nitrogen and oxygen atoms in total. The van der Waals surface area contributed by atoms with Gasteiger partial charge in [-0.3, -0.25) is 14.4 Å². The van der Waals surface area contributed by atoms with E-state index in [1.807, 2.05) is 6.08 Å². The molecule has 1 atom stereocenters. The maximum Gasteiger partial charge on any atom is 0.306 e. The third-order valence-electron chi connectivity index (χ3n) is 12.9. The van der Waals surface area contributed by atoms with Crippen molar-refractivity contribution in [3.63, 3.8) is 0 Å². The van der Waals surface area contributed by atoms with Gasteiger partial charge in [-0.15, -0.1) is 0 Å². The number of rotatable bonds is 55. The minimum atomic E-state index is -0.818. The lowest BCUT2D eigenvalue weighted by atomic mass is 10.1. The average Bonchev–Trinajstić information content (AvgIpc) is 3.42. The molecular weight excluding hydrogens is 937 g/mol. The van der Waals surface area contributed by atoms with E-state index in [2.05, 4.69) is 148 Å². The summed E-state index contributed by atoms with van der Waals surface area (Å²) in [7, 11) is 0. The maximum atomic E-state index is 12.9. The van der Waals surface area contributed by atoms with E-state index in [0.29, 0.717) is 19.3 Å². The van der Waals surface area contributed by atoms with Crippen molar-refractivity contribution >= 4 is 17.9 Å². The molecule has 0 heterocycles. The van der Waals surface area contributed by atoms with E-state index < -0.39 is 6.10 Å². The Morgan fingerprint density at radius 2 is 0.539 bits per heavy atom. The molecule has 0 aliphatic rings. The molecule has 0 aromatic carbocycles. The smallest absolute Gasteiger partial charge is 0.306 e. The van der Waals surface area contributed by atoms with Crippen LogP contribution in [0.25, 0.3) is 0 Å². The van der Waals surface area contributed by atoms with Crippen LogP contribution >= 0.6 is 0 Å². The third-order valence-corrected chi connectivity index (χ3v) is 12.9. The molecule has 0 amide bonds. The molecule has 0 bridgehead atoms. The molecule has 0 aliphatic carbocycles. The first kappa shape index (κ1) is 71.5. The maximum absolute atomic E-state index is 12.9. The van der Waals surface area contributed by atoms with Gasteiger partial charge in [0.2, 0.25) is 0 Å². The highest BCUT2D eigenvalue weighted by Crippen LogP contribution is 2.15. The summed E-state index contributed by atoms with van der Waals surface area (Å²) in [4.78, 5) is 38.2. The number of ether oxygens (including phenoxy) is 3. The topological polar surface area (TPSA) is 78.9 Å². The van der Waals surface area contributed by atoms with Gasteiger partial charge in [-0.05, 0) is 122 Å². The Labute approximate surface area is 468 Å². The van der Waals surface area contributed by atoms with Gasteiger partial charge in [0.25, 0.3) is 0 Å². The summed E-state index contributed by atoms with van der Waals surface area (Å²) in [6, 6.07) is 0. The molecule has 0 N–H and O–H groups in total. The molecule has 76 heavy (non-hydrogen) atoms. The van der Waals surface area contributed by atoms with Crippen molar-refractivity contribution in [1.82, 2.24) is 0 Å². The molecule has 0 radical (unpaired) electrons. The number of esters is 3. The number of hydrogen-bond donors (Lipinski definition) is 0. The summed E-state index contributed by atoms with van der Waals surface area (Å²) >= 11 is 0. The minimum absolute atomic E-state index is 0.110. The van der Waals surface area contributed by atoms with Crippen molar-refractivity contribution < 1.29 is 28.6 Å². The molecule has 0 fully saturated rings. The van der Waals surface area contributed by atoms with Crippen LogP contribution < -0.4 is 0 Å². The second-order valence-electron chi connectivity index (χ2n) is 20.2.